The van der Waals surface area contributed by atoms with Gasteiger partial charge in [-0.3, -0.25) is 0 Å². The van der Waals surface area contributed by atoms with Gasteiger partial charge in [0.15, 0.2) is 0 Å². The van der Waals surface area contributed by atoms with Crippen LogP contribution in [0.15, 0.2) is 36.9 Å². The second-order valence-corrected chi connectivity index (χ2v) is 6.15. The third kappa shape index (κ3) is 4.69. The normalized spacial score (nSPS) is 14.7. The molecule has 2 aromatic rings. The third-order valence-electron chi connectivity index (χ3n) is 3.22. The van der Waals surface area contributed by atoms with E-state index in [-0.39, 0.29) is 17.9 Å². The lowest BCUT2D eigenvalue weighted by molar-refractivity contribution is -0.137. The van der Waals surface area contributed by atoms with Crippen molar-refractivity contribution in [2.75, 3.05) is 18.1 Å². The molecule has 0 spiro atoms. The summed E-state index contributed by atoms with van der Waals surface area (Å²) in [5, 5.41) is 14.9. The number of hydrogen-bond donors (Lipinski definition) is 2. The number of nitrogens with two attached hydrogens (primary N) is 1. The number of hydrogen-bond acceptors (Lipinski definition) is 5. The number of benzene rings is 1. The maximum atomic E-state index is 12.9. The van der Waals surface area contributed by atoms with Gasteiger partial charge in [-0.2, -0.15) is 30.0 Å². The van der Waals surface area contributed by atoms with Crippen LogP contribution >= 0.6 is 11.8 Å². The zero-order chi connectivity index (χ0) is 16.9. The van der Waals surface area contributed by atoms with E-state index in [1.54, 1.807) is 0 Å². The molecule has 0 saturated heterocycles. The van der Waals surface area contributed by atoms with Crippen LogP contribution in [0.5, 0.6) is 0 Å². The van der Waals surface area contributed by atoms with Crippen LogP contribution in [0.2, 0.25) is 0 Å². The first-order valence-electron chi connectivity index (χ1n) is 6.85. The van der Waals surface area contributed by atoms with Crippen molar-refractivity contribution < 1.29 is 18.3 Å². The van der Waals surface area contributed by atoms with Gasteiger partial charge in [0.1, 0.15) is 18.3 Å². The van der Waals surface area contributed by atoms with E-state index < -0.39 is 17.3 Å². The summed E-state index contributed by atoms with van der Waals surface area (Å²) in [6.45, 7) is 0.429. The topological polar surface area (TPSA) is 77.0 Å². The molecule has 0 radical (unpaired) electrons. The van der Waals surface area contributed by atoms with Gasteiger partial charge in [0.05, 0.1) is 12.1 Å². The highest BCUT2D eigenvalue weighted by molar-refractivity contribution is 7.99. The monoisotopic (exact) mass is 346 g/mol. The fraction of sp³-hybridized carbons (Fsp3) is 0.429. The molecule has 23 heavy (non-hydrogen) atoms. The van der Waals surface area contributed by atoms with Crippen molar-refractivity contribution >= 4 is 11.8 Å². The van der Waals surface area contributed by atoms with Crippen LogP contribution in [-0.2, 0) is 18.3 Å². The Kier molecular flexibility index (Phi) is 5.66. The van der Waals surface area contributed by atoms with E-state index in [4.69, 9.17) is 5.73 Å². The summed E-state index contributed by atoms with van der Waals surface area (Å²) in [4.78, 5) is 3.79. The van der Waals surface area contributed by atoms with Crippen LogP contribution < -0.4 is 5.73 Å². The van der Waals surface area contributed by atoms with E-state index in [2.05, 4.69) is 10.1 Å². The predicted molar refractivity (Wildman–Crippen MR) is 81.7 cm³/mol. The zero-order valence-corrected chi connectivity index (χ0v) is 13.0. The van der Waals surface area contributed by atoms with Gasteiger partial charge in [0.2, 0.25) is 0 Å². The van der Waals surface area contributed by atoms with Gasteiger partial charge in [-0.1, -0.05) is 12.1 Å². The first-order valence-corrected chi connectivity index (χ1v) is 8.01. The standard InChI is InChI=1S/C14H17F3N4OS/c15-14(16,17)12-3-1-2-11(6-12)13(22,8-23-5-4-18)7-21-10-19-9-20-21/h1-3,6,9-10,22H,4-5,7-8,18H2. The molecule has 126 valence electrons. The largest absolute Gasteiger partial charge is 0.416 e. The second-order valence-electron chi connectivity index (χ2n) is 5.04. The first-order chi connectivity index (χ1) is 10.8. The summed E-state index contributed by atoms with van der Waals surface area (Å²) in [5.74, 6) is 0.796. The quantitative estimate of drug-likeness (QED) is 0.749. The molecule has 0 aliphatic heterocycles. The number of rotatable bonds is 7. The molecule has 3 N–H and O–H groups in total. The van der Waals surface area contributed by atoms with Gasteiger partial charge in [-0.05, 0) is 17.7 Å². The average Bonchev–Trinajstić information content (AvgIpc) is 2.99. The molecular formula is C14H17F3N4OS. The second kappa shape index (κ2) is 7.33. The Balaban J connectivity index is 2.32. The predicted octanol–water partition coefficient (Wildman–Crippen LogP) is 1.88. The van der Waals surface area contributed by atoms with Gasteiger partial charge in [0, 0.05) is 18.1 Å². The minimum absolute atomic E-state index is 0.00584. The van der Waals surface area contributed by atoms with Gasteiger partial charge < -0.3 is 10.8 Å². The Labute approximate surface area is 135 Å². The van der Waals surface area contributed by atoms with Gasteiger partial charge in [-0.15, -0.1) is 0 Å². The molecule has 2 rings (SSSR count). The number of alkyl halides is 3. The highest BCUT2D eigenvalue weighted by Crippen LogP contribution is 2.34. The van der Waals surface area contributed by atoms with E-state index >= 15 is 0 Å². The van der Waals surface area contributed by atoms with Crippen molar-refractivity contribution in [3.05, 3.63) is 48.0 Å². The summed E-state index contributed by atoms with van der Waals surface area (Å²) in [6, 6.07) is 4.72. The van der Waals surface area contributed by atoms with Crippen molar-refractivity contribution in [3.63, 3.8) is 0 Å². The van der Waals surface area contributed by atoms with Crippen molar-refractivity contribution in [2.24, 2.45) is 5.73 Å². The van der Waals surface area contributed by atoms with E-state index in [1.165, 1.54) is 41.2 Å². The van der Waals surface area contributed by atoms with Crippen LogP contribution in [0, 0.1) is 0 Å². The van der Waals surface area contributed by atoms with Crippen molar-refractivity contribution in [2.45, 2.75) is 18.3 Å². The van der Waals surface area contributed by atoms with Crippen molar-refractivity contribution in [1.29, 1.82) is 0 Å². The smallest absolute Gasteiger partial charge is 0.382 e. The molecule has 9 heteroatoms. The molecule has 0 aliphatic rings. The van der Waals surface area contributed by atoms with E-state index in [9.17, 15) is 18.3 Å². The number of aliphatic hydroxyl groups is 1. The summed E-state index contributed by atoms with van der Waals surface area (Å²) in [7, 11) is 0. The molecule has 1 unspecified atom stereocenters. The van der Waals surface area contributed by atoms with Crippen LogP contribution in [0.3, 0.4) is 0 Å². The average molecular weight is 346 g/mol. The van der Waals surface area contributed by atoms with E-state index in [0.717, 1.165) is 12.1 Å². The van der Waals surface area contributed by atoms with Gasteiger partial charge in [0.25, 0.3) is 0 Å². The molecule has 0 bridgehead atoms. The molecule has 0 aliphatic carbocycles. The van der Waals surface area contributed by atoms with Crippen LogP contribution in [0.25, 0.3) is 0 Å². The number of nitrogens with zero attached hydrogens (tertiary/aromatic N) is 3. The lowest BCUT2D eigenvalue weighted by Crippen LogP contribution is -2.35. The third-order valence-corrected chi connectivity index (χ3v) is 4.43. The molecular weight excluding hydrogens is 329 g/mol. The molecule has 1 heterocycles. The van der Waals surface area contributed by atoms with Gasteiger partial charge >= 0.3 is 6.18 Å². The minimum atomic E-state index is -4.46. The number of thioether (sulfide) groups is 1. The van der Waals surface area contributed by atoms with Gasteiger partial charge in [-0.25, -0.2) is 9.67 Å². The molecule has 0 fully saturated rings. The molecule has 1 aromatic carbocycles. The highest BCUT2D eigenvalue weighted by Gasteiger charge is 2.35. The molecule has 5 nitrogen and oxygen atoms in total. The Morgan fingerprint density at radius 1 is 1.26 bits per heavy atom. The maximum Gasteiger partial charge on any atom is 0.416 e. The lowest BCUT2D eigenvalue weighted by atomic mass is 9.94. The number of aromatic nitrogens is 3. The summed E-state index contributed by atoms with van der Waals surface area (Å²) in [6.07, 6.45) is -1.75. The lowest BCUT2D eigenvalue weighted by Gasteiger charge is -2.29. The number of halogens is 3. The van der Waals surface area contributed by atoms with Crippen LogP contribution in [0.1, 0.15) is 11.1 Å². The Morgan fingerprint density at radius 3 is 2.61 bits per heavy atom. The SMILES string of the molecule is NCCSCC(O)(Cn1cncn1)c1cccc(C(F)(F)F)c1. The van der Waals surface area contributed by atoms with Crippen molar-refractivity contribution in [1.82, 2.24) is 14.8 Å². The van der Waals surface area contributed by atoms with E-state index in [0.29, 0.717) is 12.3 Å². The Morgan fingerprint density at radius 2 is 2.00 bits per heavy atom. The summed E-state index contributed by atoms with van der Waals surface area (Å²) in [5.41, 5.74) is 3.32. The molecule has 1 atom stereocenters. The zero-order valence-electron chi connectivity index (χ0n) is 12.2. The van der Waals surface area contributed by atoms with E-state index in [1.807, 2.05) is 0 Å². The fourth-order valence-electron chi connectivity index (χ4n) is 2.11. The molecule has 0 amide bonds. The molecule has 0 saturated carbocycles. The summed E-state index contributed by atoms with van der Waals surface area (Å²) < 4.78 is 40.1. The minimum Gasteiger partial charge on any atom is -0.382 e. The van der Waals surface area contributed by atoms with Crippen molar-refractivity contribution in [3.8, 4) is 0 Å². The van der Waals surface area contributed by atoms with Crippen LogP contribution in [0.4, 0.5) is 13.2 Å². The summed E-state index contributed by atoms with van der Waals surface area (Å²) >= 11 is 1.37. The van der Waals surface area contributed by atoms with Crippen LogP contribution in [-0.4, -0.2) is 37.9 Å². The maximum absolute atomic E-state index is 12.9. The fourth-order valence-corrected chi connectivity index (χ4v) is 3.02. The highest BCUT2D eigenvalue weighted by atomic mass is 32.2. The molecule has 1 aromatic heterocycles. The Bertz CT molecular complexity index is 621. The first kappa shape index (κ1) is 17.8. The Hall–Kier alpha value is -1.58.